The van der Waals surface area contributed by atoms with Crippen molar-refractivity contribution in [3.05, 3.63) is 46.6 Å². The summed E-state index contributed by atoms with van der Waals surface area (Å²) in [5.74, 6) is 1.86. The molecular formula is C13H12N2O3. The summed E-state index contributed by atoms with van der Waals surface area (Å²) in [6.07, 6.45) is 0. The monoisotopic (exact) mass is 244 g/mol. The van der Waals surface area contributed by atoms with E-state index in [1.165, 1.54) is 4.57 Å². The van der Waals surface area contributed by atoms with Gasteiger partial charge in [-0.3, -0.25) is 0 Å². The number of rotatable bonds is 2. The molecule has 0 aliphatic carbocycles. The van der Waals surface area contributed by atoms with Crippen LogP contribution in [0, 0.1) is 6.92 Å². The van der Waals surface area contributed by atoms with Gasteiger partial charge in [-0.2, -0.15) is 0 Å². The van der Waals surface area contributed by atoms with Crippen LogP contribution in [0.5, 0.6) is 5.75 Å². The number of benzene rings is 1. The number of hydrogen-bond acceptors (Lipinski definition) is 3. The Bertz CT molecular complexity index is 764. The van der Waals surface area contributed by atoms with Crippen molar-refractivity contribution in [1.82, 2.24) is 9.55 Å². The van der Waals surface area contributed by atoms with Crippen LogP contribution in [0.3, 0.4) is 0 Å². The van der Waals surface area contributed by atoms with Crippen LogP contribution >= 0.6 is 0 Å². The molecule has 0 bridgehead atoms. The Morgan fingerprint density at radius 3 is 2.78 bits per heavy atom. The lowest BCUT2D eigenvalue weighted by Crippen LogP contribution is -2.14. The van der Waals surface area contributed by atoms with Crippen molar-refractivity contribution in [2.24, 2.45) is 0 Å². The molecule has 0 amide bonds. The molecular weight excluding hydrogens is 232 g/mol. The Hall–Kier alpha value is -2.43. The molecule has 0 aliphatic rings. The van der Waals surface area contributed by atoms with Crippen LogP contribution in [0.2, 0.25) is 0 Å². The van der Waals surface area contributed by atoms with Gasteiger partial charge in [-0.15, -0.1) is 0 Å². The number of nitrogens with zero attached hydrogens (tertiary/aromatic N) is 1. The van der Waals surface area contributed by atoms with Crippen molar-refractivity contribution in [3.63, 3.8) is 0 Å². The van der Waals surface area contributed by atoms with E-state index in [-0.39, 0.29) is 5.69 Å². The Kier molecular flexibility index (Phi) is 2.26. The first-order valence-electron chi connectivity index (χ1n) is 5.55. The lowest BCUT2D eigenvalue weighted by molar-refractivity contribution is 0.417. The molecule has 1 N–H and O–H groups in total. The highest BCUT2D eigenvalue weighted by molar-refractivity contribution is 5.83. The van der Waals surface area contributed by atoms with Gasteiger partial charge >= 0.3 is 5.69 Å². The average Bonchev–Trinajstić information content (AvgIpc) is 2.91. The van der Waals surface area contributed by atoms with Crippen LogP contribution in [0.1, 0.15) is 5.76 Å². The normalized spacial score (nSPS) is 11.0. The molecule has 0 radical (unpaired) electrons. The molecule has 0 fully saturated rings. The molecule has 3 rings (SSSR count). The van der Waals surface area contributed by atoms with Crippen LogP contribution in [-0.4, -0.2) is 16.7 Å². The predicted octanol–water partition coefficient (Wildman–Crippen LogP) is 2.23. The molecule has 2 heterocycles. The third kappa shape index (κ3) is 1.44. The number of furan rings is 1. The van der Waals surface area contributed by atoms with Gasteiger partial charge in [0.1, 0.15) is 17.0 Å². The quantitative estimate of drug-likeness (QED) is 0.752. The standard InChI is InChI=1S/C13H12N2O3/c1-8-6-7-11(18-8)15-12-9(14-13(15)16)4-3-5-10(12)17-2/h3-7H,1-2H3,(H,14,16). The Morgan fingerprint density at radius 2 is 2.11 bits per heavy atom. The second-order valence-corrected chi connectivity index (χ2v) is 4.01. The van der Waals surface area contributed by atoms with Gasteiger partial charge in [0.05, 0.1) is 12.6 Å². The minimum atomic E-state index is -0.246. The van der Waals surface area contributed by atoms with Crippen molar-refractivity contribution in [3.8, 4) is 11.6 Å². The molecule has 18 heavy (non-hydrogen) atoms. The maximum absolute atomic E-state index is 12.0. The smallest absolute Gasteiger partial charge is 0.333 e. The summed E-state index contributed by atoms with van der Waals surface area (Å²) < 4.78 is 12.3. The van der Waals surface area contributed by atoms with Crippen LogP contribution < -0.4 is 10.4 Å². The summed E-state index contributed by atoms with van der Waals surface area (Å²) in [4.78, 5) is 14.8. The number of H-pyrrole nitrogens is 1. The van der Waals surface area contributed by atoms with Gasteiger partial charge in [0.25, 0.3) is 0 Å². The summed E-state index contributed by atoms with van der Waals surface area (Å²) in [6, 6.07) is 9.04. The van der Waals surface area contributed by atoms with Gasteiger partial charge in [0.2, 0.25) is 5.88 Å². The molecule has 3 aromatic rings. The number of aromatic amines is 1. The maximum Gasteiger partial charge on any atom is 0.333 e. The molecule has 0 aliphatic heterocycles. The predicted molar refractivity (Wildman–Crippen MR) is 67.5 cm³/mol. The van der Waals surface area contributed by atoms with E-state index in [9.17, 15) is 4.79 Å². The van der Waals surface area contributed by atoms with Gasteiger partial charge in [-0.05, 0) is 25.1 Å². The van der Waals surface area contributed by atoms with Gasteiger partial charge < -0.3 is 14.1 Å². The molecule has 1 aromatic carbocycles. The average molecular weight is 244 g/mol. The molecule has 0 saturated carbocycles. The molecule has 5 nitrogen and oxygen atoms in total. The summed E-state index contributed by atoms with van der Waals surface area (Å²) in [6.45, 7) is 1.83. The van der Waals surface area contributed by atoms with E-state index >= 15 is 0 Å². The first-order valence-corrected chi connectivity index (χ1v) is 5.55. The summed E-state index contributed by atoms with van der Waals surface area (Å²) in [7, 11) is 1.57. The molecule has 92 valence electrons. The highest BCUT2D eigenvalue weighted by Crippen LogP contribution is 2.26. The van der Waals surface area contributed by atoms with Crippen molar-refractivity contribution >= 4 is 11.0 Å². The SMILES string of the molecule is COc1cccc2[nH]c(=O)n(-c3ccc(C)o3)c12. The number of aromatic nitrogens is 2. The minimum Gasteiger partial charge on any atom is -0.494 e. The Balaban J connectivity index is 2.41. The topological polar surface area (TPSA) is 60.2 Å². The van der Waals surface area contributed by atoms with E-state index in [4.69, 9.17) is 9.15 Å². The third-order valence-corrected chi connectivity index (χ3v) is 2.83. The fourth-order valence-corrected chi connectivity index (χ4v) is 2.04. The third-order valence-electron chi connectivity index (χ3n) is 2.83. The van der Waals surface area contributed by atoms with E-state index in [1.807, 2.05) is 31.2 Å². The number of ether oxygens (including phenoxy) is 1. The van der Waals surface area contributed by atoms with Crippen molar-refractivity contribution in [2.45, 2.75) is 6.92 Å². The fraction of sp³-hybridized carbons (Fsp3) is 0.154. The van der Waals surface area contributed by atoms with Crippen LogP contribution in [0.25, 0.3) is 16.9 Å². The number of nitrogens with one attached hydrogen (secondary N) is 1. The van der Waals surface area contributed by atoms with Crippen molar-refractivity contribution < 1.29 is 9.15 Å². The zero-order chi connectivity index (χ0) is 12.7. The highest BCUT2D eigenvalue weighted by atomic mass is 16.5. The Morgan fingerprint density at radius 1 is 1.28 bits per heavy atom. The second-order valence-electron chi connectivity index (χ2n) is 4.01. The first kappa shape index (κ1) is 10.7. The Labute approximate surface area is 103 Å². The van der Waals surface area contributed by atoms with Crippen molar-refractivity contribution in [2.75, 3.05) is 7.11 Å². The number of imidazole rings is 1. The van der Waals surface area contributed by atoms with Crippen molar-refractivity contribution in [1.29, 1.82) is 0 Å². The minimum absolute atomic E-state index is 0.246. The van der Waals surface area contributed by atoms with Crippen LogP contribution in [0.4, 0.5) is 0 Å². The molecule has 0 atom stereocenters. The zero-order valence-corrected chi connectivity index (χ0v) is 10.1. The van der Waals surface area contributed by atoms with E-state index in [0.29, 0.717) is 22.7 Å². The van der Waals surface area contributed by atoms with Gasteiger partial charge in [-0.25, -0.2) is 9.36 Å². The highest BCUT2D eigenvalue weighted by Gasteiger charge is 2.15. The lowest BCUT2D eigenvalue weighted by Gasteiger charge is -2.04. The van der Waals surface area contributed by atoms with E-state index in [2.05, 4.69) is 4.98 Å². The number of methoxy groups -OCH3 is 1. The summed E-state index contributed by atoms with van der Waals surface area (Å²) >= 11 is 0. The maximum atomic E-state index is 12.0. The van der Waals surface area contributed by atoms with Crippen LogP contribution in [-0.2, 0) is 0 Å². The zero-order valence-electron chi connectivity index (χ0n) is 10.1. The molecule has 0 unspecified atom stereocenters. The van der Waals surface area contributed by atoms with E-state index in [1.54, 1.807) is 13.2 Å². The summed E-state index contributed by atoms with van der Waals surface area (Å²) in [5.41, 5.74) is 1.15. The molecule has 0 spiro atoms. The van der Waals surface area contributed by atoms with Crippen LogP contribution in [0.15, 0.2) is 39.5 Å². The summed E-state index contributed by atoms with van der Waals surface area (Å²) in [5, 5.41) is 0. The van der Waals surface area contributed by atoms with E-state index < -0.39 is 0 Å². The molecule has 2 aromatic heterocycles. The fourth-order valence-electron chi connectivity index (χ4n) is 2.04. The van der Waals surface area contributed by atoms with E-state index in [0.717, 1.165) is 5.76 Å². The molecule has 0 saturated heterocycles. The largest absolute Gasteiger partial charge is 0.494 e. The van der Waals surface area contributed by atoms with Gasteiger partial charge in [0, 0.05) is 6.07 Å². The number of fused-ring (bicyclic) bond motifs is 1. The van der Waals surface area contributed by atoms with Gasteiger partial charge in [0.15, 0.2) is 0 Å². The van der Waals surface area contributed by atoms with Gasteiger partial charge in [-0.1, -0.05) is 6.07 Å². The number of aryl methyl sites for hydroxylation is 1. The molecule has 5 heteroatoms. The second kappa shape index (κ2) is 3.80. The lowest BCUT2D eigenvalue weighted by atomic mass is 10.3. The number of hydrogen-bond donors (Lipinski definition) is 1. The first-order chi connectivity index (χ1) is 8.70. The number of para-hydroxylation sites is 1.